The van der Waals surface area contributed by atoms with Gasteiger partial charge in [0.1, 0.15) is 0 Å². The van der Waals surface area contributed by atoms with E-state index in [1.165, 1.54) is 32.4 Å². The third-order valence-electron chi connectivity index (χ3n) is 3.42. The molecule has 1 unspecified atom stereocenters. The molecule has 0 aromatic heterocycles. The van der Waals surface area contributed by atoms with Gasteiger partial charge in [0.25, 0.3) is 0 Å². The predicted octanol–water partition coefficient (Wildman–Crippen LogP) is 1.84. The molecule has 2 heteroatoms. The van der Waals surface area contributed by atoms with E-state index in [0.29, 0.717) is 12.1 Å². The van der Waals surface area contributed by atoms with Gasteiger partial charge in [0.2, 0.25) is 0 Å². The zero-order valence-electron chi connectivity index (χ0n) is 9.29. The Labute approximate surface area is 82.5 Å². The molecule has 13 heavy (non-hydrogen) atoms. The minimum atomic E-state index is 0.401. The van der Waals surface area contributed by atoms with Gasteiger partial charge in [0.05, 0.1) is 0 Å². The van der Waals surface area contributed by atoms with E-state index in [1.54, 1.807) is 0 Å². The Morgan fingerprint density at radius 2 is 2.23 bits per heavy atom. The van der Waals surface area contributed by atoms with Crippen LogP contribution in [0.15, 0.2) is 0 Å². The van der Waals surface area contributed by atoms with E-state index >= 15 is 0 Å². The predicted molar refractivity (Wildman–Crippen MR) is 57.7 cm³/mol. The number of nitrogens with two attached hydrogens (primary N) is 1. The van der Waals surface area contributed by atoms with E-state index in [9.17, 15) is 0 Å². The molecule has 3 atom stereocenters. The molecule has 1 aliphatic rings. The summed E-state index contributed by atoms with van der Waals surface area (Å²) in [5.74, 6) is 0.813. The number of piperidine rings is 1. The lowest BCUT2D eigenvalue weighted by Crippen LogP contribution is -2.51. The van der Waals surface area contributed by atoms with Crippen molar-refractivity contribution in [3.8, 4) is 0 Å². The van der Waals surface area contributed by atoms with Crippen molar-refractivity contribution in [3.63, 3.8) is 0 Å². The minimum Gasteiger partial charge on any atom is -0.326 e. The number of hydrogen-bond acceptors (Lipinski definition) is 2. The molecular formula is C11H24N2. The SMILES string of the molecule is CCC(C)CN1CCC[C@@H](N)[C@H]1C. The zero-order chi connectivity index (χ0) is 9.84. The average Bonchev–Trinajstić information content (AvgIpc) is 2.13. The van der Waals surface area contributed by atoms with Crippen LogP contribution in [0.1, 0.15) is 40.0 Å². The van der Waals surface area contributed by atoms with E-state index in [2.05, 4.69) is 25.7 Å². The molecule has 1 fully saturated rings. The monoisotopic (exact) mass is 184 g/mol. The number of hydrogen-bond donors (Lipinski definition) is 1. The van der Waals surface area contributed by atoms with E-state index in [1.807, 2.05) is 0 Å². The van der Waals surface area contributed by atoms with Gasteiger partial charge >= 0.3 is 0 Å². The Morgan fingerprint density at radius 3 is 2.85 bits per heavy atom. The van der Waals surface area contributed by atoms with Crippen molar-refractivity contribution in [3.05, 3.63) is 0 Å². The van der Waals surface area contributed by atoms with Gasteiger partial charge in [0, 0.05) is 18.6 Å². The highest BCUT2D eigenvalue weighted by Crippen LogP contribution is 2.17. The molecule has 2 nitrogen and oxygen atoms in total. The van der Waals surface area contributed by atoms with Crippen LogP contribution in [0.2, 0.25) is 0 Å². The quantitative estimate of drug-likeness (QED) is 0.725. The molecule has 78 valence electrons. The normalized spacial score (nSPS) is 33.2. The Bertz CT molecular complexity index is 147. The van der Waals surface area contributed by atoms with Crippen molar-refractivity contribution in [2.75, 3.05) is 13.1 Å². The molecule has 0 bridgehead atoms. The van der Waals surface area contributed by atoms with Gasteiger partial charge in [-0.15, -0.1) is 0 Å². The second-order valence-electron chi connectivity index (χ2n) is 4.56. The summed E-state index contributed by atoms with van der Waals surface area (Å²) in [5.41, 5.74) is 6.04. The fourth-order valence-electron chi connectivity index (χ4n) is 2.03. The second kappa shape index (κ2) is 4.97. The summed E-state index contributed by atoms with van der Waals surface area (Å²) in [4.78, 5) is 2.56. The Hall–Kier alpha value is -0.0800. The number of likely N-dealkylation sites (tertiary alicyclic amines) is 1. The third kappa shape index (κ3) is 2.96. The van der Waals surface area contributed by atoms with E-state index in [4.69, 9.17) is 5.73 Å². The fraction of sp³-hybridized carbons (Fsp3) is 1.00. The smallest absolute Gasteiger partial charge is 0.0219 e. The van der Waals surface area contributed by atoms with Gasteiger partial charge in [-0.2, -0.15) is 0 Å². The summed E-state index contributed by atoms with van der Waals surface area (Å²) in [5, 5.41) is 0. The van der Waals surface area contributed by atoms with Crippen molar-refractivity contribution in [1.82, 2.24) is 4.90 Å². The summed E-state index contributed by atoms with van der Waals surface area (Å²) in [7, 11) is 0. The maximum Gasteiger partial charge on any atom is 0.0219 e. The second-order valence-corrected chi connectivity index (χ2v) is 4.56. The van der Waals surface area contributed by atoms with Crippen molar-refractivity contribution >= 4 is 0 Å². The highest BCUT2D eigenvalue weighted by Gasteiger charge is 2.25. The van der Waals surface area contributed by atoms with Gasteiger partial charge < -0.3 is 5.73 Å². The largest absolute Gasteiger partial charge is 0.326 e. The highest BCUT2D eigenvalue weighted by atomic mass is 15.2. The van der Waals surface area contributed by atoms with Crippen molar-refractivity contribution in [1.29, 1.82) is 0 Å². The van der Waals surface area contributed by atoms with E-state index < -0.39 is 0 Å². The van der Waals surface area contributed by atoms with E-state index in [-0.39, 0.29) is 0 Å². The maximum atomic E-state index is 6.04. The Morgan fingerprint density at radius 1 is 1.54 bits per heavy atom. The Balaban J connectivity index is 2.39. The maximum absolute atomic E-state index is 6.04. The van der Waals surface area contributed by atoms with Crippen LogP contribution in [0.4, 0.5) is 0 Å². The number of nitrogens with zero attached hydrogens (tertiary/aromatic N) is 1. The molecule has 1 heterocycles. The van der Waals surface area contributed by atoms with Gasteiger partial charge in [-0.25, -0.2) is 0 Å². The van der Waals surface area contributed by atoms with Crippen LogP contribution in [0, 0.1) is 5.92 Å². The molecule has 0 aromatic carbocycles. The van der Waals surface area contributed by atoms with Gasteiger partial charge in [0.15, 0.2) is 0 Å². The first-order valence-corrected chi connectivity index (χ1v) is 5.64. The van der Waals surface area contributed by atoms with Crippen LogP contribution in [0.25, 0.3) is 0 Å². The molecule has 0 spiro atoms. The first-order valence-electron chi connectivity index (χ1n) is 5.64. The van der Waals surface area contributed by atoms with Crippen molar-refractivity contribution in [2.45, 2.75) is 52.1 Å². The van der Waals surface area contributed by atoms with Crippen LogP contribution >= 0.6 is 0 Å². The molecule has 0 saturated carbocycles. The molecule has 0 radical (unpaired) electrons. The first-order chi connectivity index (χ1) is 6.15. The summed E-state index contributed by atoms with van der Waals surface area (Å²) >= 11 is 0. The molecule has 0 aliphatic carbocycles. The van der Waals surface area contributed by atoms with Crippen molar-refractivity contribution in [2.24, 2.45) is 11.7 Å². The first kappa shape index (κ1) is 11.0. The highest BCUT2D eigenvalue weighted by molar-refractivity contribution is 4.84. The van der Waals surface area contributed by atoms with Gasteiger partial charge in [-0.05, 0) is 32.2 Å². The van der Waals surface area contributed by atoms with E-state index in [0.717, 1.165) is 5.92 Å². The lowest BCUT2D eigenvalue weighted by molar-refractivity contribution is 0.121. The van der Waals surface area contributed by atoms with Crippen LogP contribution in [-0.4, -0.2) is 30.1 Å². The summed E-state index contributed by atoms with van der Waals surface area (Å²) in [6.45, 7) is 9.34. The molecular weight excluding hydrogens is 160 g/mol. The standard InChI is InChI=1S/C11H24N2/c1-4-9(2)8-13-7-5-6-11(12)10(13)3/h9-11H,4-8,12H2,1-3H3/t9?,10-,11-/m1/s1. The fourth-order valence-corrected chi connectivity index (χ4v) is 2.03. The van der Waals surface area contributed by atoms with Crippen LogP contribution in [-0.2, 0) is 0 Å². The molecule has 1 rings (SSSR count). The molecule has 2 N–H and O–H groups in total. The minimum absolute atomic E-state index is 0.401. The molecule has 0 aromatic rings. The third-order valence-corrected chi connectivity index (χ3v) is 3.42. The number of rotatable bonds is 3. The van der Waals surface area contributed by atoms with Crippen LogP contribution < -0.4 is 5.73 Å². The molecule has 0 amide bonds. The molecule has 1 saturated heterocycles. The van der Waals surface area contributed by atoms with Crippen molar-refractivity contribution < 1.29 is 0 Å². The summed E-state index contributed by atoms with van der Waals surface area (Å²) in [6.07, 6.45) is 3.76. The average molecular weight is 184 g/mol. The lowest BCUT2D eigenvalue weighted by atomic mass is 9.96. The summed E-state index contributed by atoms with van der Waals surface area (Å²) in [6, 6.07) is 0.987. The van der Waals surface area contributed by atoms with Gasteiger partial charge in [-0.3, -0.25) is 4.90 Å². The van der Waals surface area contributed by atoms with Gasteiger partial charge in [-0.1, -0.05) is 20.3 Å². The lowest BCUT2D eigenvalue weighted by Gasteiger charge is -2.38. The topological polar surface area (TPSA) is 29.3 Å². The molecule has 1 aliphatic heterocycles. The Kier molecular flexibility index (Phi) is 4.20. The van der Waals surface area contributed by atoms with Crippen LogP contribution in [0.5, 0.6) is 0 Å². The summed E-state index contributed by atoms with van der Waals surface area (Å²) < 4.78 is 0. The van der Waals surface area contributed by atoms with Crippen LogP contribution in [0.3, 0.4) is 0 Å². The zero-order valence-corrected chi connectivity index (χ0v) is 9.29.